The summed E-state index contributed by atoms with van der Waals surface area (Å²) < 4.78 is 10.3. The SMILES string of the molecule is CCc1ccccc1OCC(=O)OCC(=O)Nc1cccc(Cl)c1. The van der Waals surface area contributed by atoms with Gasteiger partial charge in [-0.05, 0) is 36.2 Å². The van der Waals surface area contributed by atoms with Gasteiger partial charge in [-0.3, -0.25) is 4.79 Å². The summed E-state index contributed by atoms with van der Waals surface area (Å²) in [5, 5.41) is 3.10. The van der Waals surface area contributed by atoms with Crippen LogP contribution in [0.4, 0.5) is 5.69 Å². The molecule has 2 aromatic rings. The fourth-order valence-electron chi connectivity index (χ4n) is 2.02. The number of anilines is 1. The first-order chi connectivity index (χ1) is 11.6. The molecule has 0 unspecified atom stereocenters. The molecule has 126 valence electrons. The van der Waals surface area contributed by atoms with Crippen molar-refractivity contribution in [2.24, 2.45) is 0 Å². The molecule has 0 bridgehead atoms. The predicted molar refractivity (Wildman–Crippen MR) is 92.4 cm³/mol. The second-order valence-corrected chi connectivity index (χ2v) is 5.41. The second-order valence-electron chi connectivity index (χ2n) is 4.97. The van der Waals surface area contributed by atoms with Crippen LogP contribution in [0, 0.1) is 0 Å². The van der Waals surface area contributed by atoms with Crippen LogP contribution in [0.15, 0.2) is 48.5 Å². The van der Waals surface area contributed by atoms with Crippen LogP contribution in [-0.4, -0.2) is 25.1 Å². The van der Waals surface area contributed by atoms with Crippen LogP contribution in [0.1, 0.15) is 12.5 Å². The number of carbonyl (C=O) groups excluding carboxylic acids is 2. The van der Waals surface area contributed by atoms with E-state index in [9.17, 15) is 9.59 Å². The summed E-state index contributed by atoms with van der Waals surface area (Å²) in [6.45, 7) is 1.37. The molecule has 0 atom stereocenters. The van der Waals surface area contributed by atoms with Crippen LogP contribution < -0.4 is 10.1 Å². The first kappa shape index (κ1) is 17.8. The lowest BCUT2D eigenvalue weighted by atomic mass is 10.1. The lowest BCUT2D eigenvalue weighted by Gasteiger charge is -2.10. The van der Waals surface area contributed by atoms with E-state index in [1.54, 1.807) is 30.3 Å². The molecule has 0 spiro atoms. The predicted octanol–water partition coefficient (Wildman–Crippen LogP) is 3.46. The van der Waals surface area contributed by atoms with Crippen LogP contribution in [0.25, 0.3) is 0 Å². The Morgan fingerprint density at radius 3 is 2.62 bits per heavy atom. The Morgan fingerprint density at radius 1 is 1.08 bits per heavy atom. The van der Waals surface area contributed by atoms with Crippen molar-refractivity contribution in [3.05, 3.63) is 59.1 Å². The van der Waals surface area contributed by atoms with Gasteiger partial charge in [-0.15, -0.1) is 0 Å². The highest BCUT2D eigenvalue weighted by Crippen LogP contribution is 2.18. The second kappa shape index (κ2) is 8.93. The molecule has 0 aliphatic heterocycles. The number of carbonyl (C=O) groups is 2. The molecular weight excluding hydrogens is 330 g/mol. The van der Waals surface area contributed by atoms with E-state index in [1.807, 2.05) is 25.1 Å². The van der Waals surface area contributed by atoms with Crippen molar-refractivity contribution < 1.29 is 19.1 Å². The molecule has 2 rings (SSSR count). The lowest BCUT2D eigenvalue weighted by molar-refractivity contribution is -0.149. The third kappa shape index (κ3) is 5.59. The number of hydrogen-bond donors (Lipinski definition) is 1. The number of halogens is 1. The number of para-hydroxylation sites is 1. The first-order valence-electron chi connectivity index (χ1n) is 7.50. The molecule has 6 heteroatoms. The Kier molecular flexibility index (Phi) is 6.63. The third-order valence-corrected chi connectivity index (χ3v) is 3.41. The molecular formula is C18H18ClNO4. The Hall–Kier alpha value is -2.53. The number of rotatable bonds is 7. The largest absolute Gasteiger partial charge is 0.482 e. The monoisotopic (exact) mass is 347 g/mol. The van der Waals surface area contributed by atoms with E-state index in [1.165, 1.54) is 0 Å². The summed E-state index contributed by atoms with van der Waals surface area (Å²) in [7, 11) is 0. The zero-order valence-electron chi connectivity index (χ0n) is 13.3. The number of hydrogen-bond acceptors (Lipinski definition) is 4. The highest BCUT2D eigenvalue weighted by molar-refractivity contribution is 6.30. The summed E-state index contributed by atoms with van der Waals surface area (Å²) >= 11 is 5.83. The van der Waals surface area contributed by atoms with Crippen molar-refractivity contribution in [2.45, 2.75) is 13.3 Å². The third-order valence-electron chi connectivity index (χ3n) is 3.17. The summed E-state index contributed by atoms with van der Waals surface area (Å²) in [6, 6.07) is 14.2. The van der Waals surface area contributed by atoms with E-state index < -0.39 is 11.9 Å². The Morgan fingerprint density at radius 2 is 1.88 bits per heavy atom. The topological polar surface area (TPSA) is 64.6 Å². The molecule has 0 saturated carbocycles. The molecule has 5 nitrogen and oxygen atoms in total. The van der Waals surface area contributed by atoms with E-state index in [-0.39, 0.29) is 13.2 Å². The number of nitrogens with one attached hydrogen (secondary N) is 1. The van der Waals surface area contributed by atoms with Crippen LogP contribution in [0.3, 0.4) is 0 Å². The van der Waals surface area contributed by atoms with Crippen LogP contribution in [0.2, 0.25) is 5.02 Å². The van der Waals surface area contributed by atoms with E-state index in [4.69, 9.17) is 21.1 Å². The van der Waals surface area contributed by atoms with Crippen LogP contribution in [0.5, 0.6) is 5.75 Å². The summed E-state index contributed by atoms with van der Waals surface area (Å²) in [4.78, 5) is 23.4. The average molecular weight is 348 g/mol. The minimum Gasteiger partial charge on any atom is -0.482 e. The normalized spacial score (nSPS) is 10.1. The average Bonchev–Trinajstić information content (AvgIpc) is 2.58. The number of amides is 1. The fraction of sp³-hybridized carbons (Fsp3) is 0.222. The molecule has 1 N–H and O–H groups in total. The maximum absolute atomic E-state index is 11.7. The minimum absolute atomic E-state index is 0.249. The Bertz CT molecular complexity index is 718. The molecule has 24 heavy (non-hydrogen) atoms. The maximum Gasteiger partial charge on any atom is 0.344 e. The van der Waals surface area contributed by atoms with Crippen molar-refractivity contribution >= 4 is 29.2 Å². The molecule has 0 radical (unpaired) electrons. The van der Waals surface area contributed by atoms with Crippen molar-refractivity contribution in [1.29, 1.82) is 0 Å². The van der Waals surface area contributed by atoms with E-state index in [0.717, 1.165) is 12.0 Å². The molecule has 2 aromatic carbocycles. The van der Waals surface area contributed by atoms with E-state index >= 15 is 0 Å². The van der Waals surface area contributed by atoms with E-state index in [2.05, 4.69) is 5.32 Å². The van der Waals surface area contributed by atoms with Gasteiger partial charge in [0.05, 0.1) is 0 Å². The van der Waals surface area contributed by atoms with Crippen molar-refractivity contribution in [2.75, 3.05) is 18.5 Å². The van der Waals surface area contributed by atoms with Gasteiger partial charge < -0.3 is 14.8 Å². The zero-order valence-corrected chi connectivity index (χ0v) is 14.0. The molecule has 0 heterocycles. The van der Waals surface area contributed by atoms with Crippen molar-refractivity contribution in [3.63, 3.8) is 0 Å². The van der Waals surface area contributed by atoms with Crippen LogP contribution in [-0.2, 0) is 20.7 Å². The summed E-state index contributed by atoms with van der Waals surface area (Å²) in [6.07, 6.45) is 0.799. The summed E-state index contributed by atoms with van der Waals surface area (Å²) in [5.41, 5.74) is 1.54. The highest BCUT2D eigenvalue weighted by atomic mass is 35.5. The fourth-order valence-corrected chi connectivity index (χ4v) is 2.21. The van der Waals surface area contributed by atoms with Gasteiger partial charge in [0, 0.05) is 10.7 Å². The van der Waals surface area contributed by atoms with Gasteiger partial charge in [0.2, 0.25) is 0 Å². The van der Waals surface area contributed by atoms with Crippen LogP contribution >= 0.6 is 11.6 Å². The standard InChI is InChI=1S/C18H18ClNO4/c1-2-13-6-3-4-9-16(13)23-12-18(22)24-11-17(21)20-15-8-5-7-14(19)10-15/h3-10H,2,11-12H2,1H3,(H,20,21). The Balaban J connectivity index is 1.75. The molecule has 0 aromatic heterocycles. The quantitative estimate of drug-likeness (QED) is 0.779. The smallest absolute Gasteiger partial charge is 0.344 e. The first-order valence-corrected chi connectivity index (χ1v) is 7.88. The number of aryl methyl sites for hydroxylation is 1. The van der Waals surface area contributed by atoms with Gasteiger partial charge in [-0.25, -0.2) is 4.79 Å². The van der Waals surface area contributed by atoms with Gasteiger partial charge in [0.1, 0.15) is 5.75 Å². The Labute approximate surface area is 145 Å². The van der Waals surface area contributed by atoms with E-state index in [0.29, 0.717) is 16.5 Å². The molecule has 1 amide bonds. The van der Waals surface area contributed by atoms with Crippen molar-refractivity contribution in [1.82, 2.24) is 0 Å². The highest BCUT2D eigenvalue weighted by Gasteiger charge is 2.10. The molecule has 0 fully saturated rings. The molecule has 0 aliphatic carbocycles. The van der Waals surface area contributed by atoms with Gasteiger partial charge >= 0.3 is 5.97 Å². The maximum atomic E-state index is 11.7. The number of benzene rings is 2. The van der Waals surface area contributed by atoms with Gasteiger partial charge in [0.15, 0.2) is 13.2 Å². The minimum atomic E-state index is -0.609. The number of ether oxygens (including phenoxy) is 2. The number of esters is 1. The molecule has 0 saturated heterocycles. The van der Waals surface area contributed by atoms with Gasteiger partial charge in [0.25, 0.3) is 5.91 Å². The van der Waals surface area contributed by atoms with Crippen molar-refractivity contribution in [3.8, 4) is 5.75 Å². The summed E-state index contributed by atoms with van der Waals surface area (Å²) in [5.74, 6) is -0.415. The van der Waals surface area contributed by atoms with Gasteiger partial charge in [-0.2, -0.15) is 0 Å². The van der Waals surface area contributed by atoms with Gasteiger partial charge in [-0.1, -0.05) is 42.8 Å². The lowest BCUT2D eigenvalue weighted by Crippen LogP contribution is -2.23. The zero-order chi connectivity index (χ0) is 17.4. The molecule has 0 aliphatic rings.